The molecule has 1 heterocycles. The Balaban J connectivity index is 1.69. The summed E-state index contributed by atoms with van der Waals surface area (Å²) < 4.78 is 27.8. The summed E-state index contributed by atoms with van der Waals surface area (Å²) in [6, 6.07) is 10.1. The largest absolute Gasteiger partial charge is 0.393 e. The van der Waals surface area contributed by atoms with Crippen LogP contribution >= 0.6 is 0 Å². The molecule has 0 bridgehead atoms. The topological polar surface area (TPSA) is 130 Å². The molecule has 0 atom stereocenters. The number of rotatable bonds is 6. The monoisotopic (exact) mass is 433 g/mol. The molecule has 160 valence electrons. The van der Waals surface area contributed by atoms with E-state index in [1.54, 1.807) is 36.1 Å². The minimum atomic E-state index is -4.01. The second-order valence-electron chi connectivity index (χ2n) is 7.30. The SMILES string of the molecule is Cc1ccc([N+](=O)[O-])cc1S(=O)(=O)Nc1ccc(CC(=O)N2CCC(O)CC2)cc1. The maximum Gasteiger partial charge on any atom is 0.270 e. The molecule has 1 aliphatic rings. The number of nitro benzene ring substituents is 1. The average Bonchev–Trinajstić information content (AvgIpc) is 2.69. The standard InChI is InChI=1S/C20H23N3O6S/c1-14-2-7-17(23(26)27)13-19(14)30(28,29)21-16-5-3-15(4-6-16)12-20(25)22-10-8-18(24)9-11-22/h2-7,13,18,21,24H,8-12H2,1H3. The smallest absolute Gasteiger partial charge is 0.270 e. The van der Waals surface area contributed by atoms with Crippen LogP contribution in [0.4, 0.5) is 11.4 Å². The van der Waals surface area contributed by atoms with Crippen molar-refractivity contribution in [1.29, 1.82) is 0 Å². The van der Waals surface area contributed by atoms with Gasteiger partial charge < -0.3 is 10.0 Å². The molecule has 2 N–H and O–H groups in total. The third-order valence-electron chi connectivity index (χ3n) is 5.05. The number of carbonyl (C=O) groups excluding carboxylic acids is 1. The van der Waals surface area contributed by atoms with Gasteiger partial charge in [0.1, 0.15) is 0 Å². The van der Waals surface area contributed by atoms with E-state index in [1.165, 1.54) is 12.1 Å². The molecule has 0 aliphatic carbocycles. The number of sulfonamides is 1. The zero-order valence-electron chi connectivity index (χ0n) is 16.4. The number of aryl methyl sites for hydroxylation is 1. The Bertz CT molecular complexity index is 1040. The number of piperidine rings is 1. The van der Waals surface area contributed by atoms with Crippen LogP contribution in [0, 0.1) is 17.0 Å². The number of nitrogens with zero attached hydrogens (tertiary/aromatic N) is 2. The Morgan fingerprint density at radius 1 is 1.20 bits per heavy atom. The third kappa shape index (κ3) is 5.14. The lowest BCUT2D eigenvalue weighted by molar-refractivity contribution is -0.385. The van der Waals surface area contributed by atoms with Crippen LogP contribution in [0.1, 0.15) is 24.0 Å². The zero-order valence-corrected chi connectivity index (χ0v) is 17.3. The molecule has 2 aromatic carbocycles. The van der Waals surface area contributed by atoms with Crippen LogP contribution in [0.2, 0.25) is 0 Å². The van der Waals surface area contributed by atoms with Crippen molar-refractivity contribution < 1.29 is 23.2 Å². The van der Waals surface area contributed by atoms with E-state index in [-0.39, 0.29) is 34.7 Å². The van der Waals surface area contributed by atoms with Gasteiger partial charge in [0.2, 0.25) is 5.91 Å². The molecule has 1 aliphatic heterocycles. The highest BCUT2D eigenvalue weighted by atomic mass is 32.2. The van der Waals surface area contributed by atoms with Gasteiger partial charge in [0.15, 0.2) is 0 Å². The van der Waals surface area contributed by atoms with E-state index in [1.807, 2.05) is 0 Å². The highest BCUT2D eigenvalue weighted by molar-refractivity contribution is 7.92. The molecule has 10 heteroatoms. The minimum absolute atomic E-state index is 0.0394. The van der Waals surface area contributed by atoms with Gasteiger partial charge in [0.05, 0.1) is 22.3 Å². The van der Waals surface area contributed by atoms with Crippen molar-refractivity contribution >= 4 is 27.3 Å². The predicted octanol–water partition coefficient (Wildman–Crippen LogP) is 2.23. The number of aliphatic hydroxyl groups excluding tert-OH is 1. The fourth-order valence-corrected chi connectivity index (χ4v) is 4.62. The van der Waals surface area contributed by atoms with E-state index < -0.39 is 14.9 Å². The van der Waals surface area contributed by atoms with Crippen LogP contribution in [0.3, 0.4) is 0 Å². The fourth-order valence-electron chi connectivity index (χ4n) is 3.29. The maximum atomic E-state index is 12.7. The number of nitro groups is 1. The van der Waals surface area contributed by atoms with Crippen molar-refractivity contribution in [2.75, 3.05) is 17.8 Å². The van der Waals surface area contributed by atoms with Gasteiger partial charge >= 0.3 is 0 Å². The fraction of sp³-hybridized carbons (Fsp3) is 0.350. The van der Waals surface area contributed by atoms with Crippen LogP contribution in [0.15, 0.2) is 47.4 Å². The molecular weight excluding hydrogens is 410 g/mol. The number of anilines is 1. The highest BCUT2D eigenvalue weighted by Gasteiger charge is 2.22. The summed E-state index contributed by atoms with van der Waals surface area (Å²) in [5, 5.41) is 20.5. The number of hydrogen-bond acceptors (Lipinski definition) is 6. The van der Waals surface area contributed by atoms with Gasteiger partial charge in [0.25, 0.3) is 15.7 Å². The molecule has 0 spiro atoms. The first-order chi connectivity index (χ1) is 14.2. The molecule has 3 rings (SSSR count). The van der Waals surface area contributed by atoms with Crippen LogP contribution in [0.5, 0.6) is 0 Å². The Morgan fingerprint density at radius 2 is 1.83 bits per heavy atom. The summed E-state index contributed by atoms with van der Waals surface area (Å²) >= 11 is 0. The summed E-state index contributed by atoms with van der Waals surface area (Å²) in [5.41, 5.74) is 1.11. The Hall–Kier alpha value is -2.98. The molecule has 30 heavy (non-hydrogen) atoms. The lowest BCUT2D eigenvalue weighted by Gasteiger charge is -2.29. The number of aliphatic hydroxyl groups is 1. The summed E-state index contributed by atoms with van der Waals surface area (Å²) in [5.74, 6) is -0.0394. The summed E-state index contributed by atoms with van der Waals surface area (Å²) in [4.78, 5) is 24.2. The van der Waals surface area contributed by atoms with Crippen LogP contribution in [-0.4, -0.2) is 48.4 Å². The van der Waals surface area contributed by atoms with E-state index in [4.69, 9.17) is 0 Å². The summed E-state index contributed by atoms with van der Waals surface area (Å²) in [6.07, 6.45) is 0.983. The number of non-ortho nitro benzene ring substituents is 1. The van der Waals surface area contributed by atoms with Gasteiger partial charge in [-0.3, -0.25) is 19.6 Å². The number of carbonyl (C=O) groups is 1. The average molecular weight is 433 g/mol. The Kier molecular flexibility index (Phi) is 6.37. The first kappa shape index (κ1) is 21.7. The van der Waals surface area contributed by atoms with E-state index in [9.17, 15) is 28.4 Å². The molecule has 0 saturated carbocycles. The van der Waals surface area contributed by atoms with E-state index >= 15 is 0 Å². The summed E-state index contributed by atoms with van der Waals surface area (Å²) in [7, 11) is -4.01. The second-order valence-corrected chi connectivity index (χ2v) is 8.95. The molecule has 0 unspecified atom stereocenters. The van der Waals surface area contributed by atoms with E-state index in [0.29, 0.717) is 31.5 Å². The van der Waals surface area contributed by atoms with Gasteiger partial charge in [-0.1, -0.05) is 18.2 Å². The van der Waals surface area contributed by atoms with E-state index in [0.717, 1.165) is 11.6 Å². The number of nitrogens with one attached hydrogen (secondary N) is 1. The maximum absolute atomic E-state index is 12.7. The van der Waals surface area contributed by atoms with Crippen molar-refractivity contribution in [3.8, 4) is 0 Å². The van der Waals surface area contributed by atoms with Crippen molar-refractivity contribution in [2.45, 2.75) is 37.2 Å². The van der Waals surface area contributed by atoms with Crippen molar-refractivity contribution in [1.82, 2.24) is 4.90 Å². The number of benzene rings is 2. The van der Waals surface area contributed by atoms with Crippen molar-refractivity contribution in [2.24, 2.45) is 0 Å². The van der Waals surface area contributed by atoms with E-state index in [2.05, 4.69) is 4.72 Å². The first-order valence-electron chi connectivity index (χ1n) is 9.48. The lowest BCUT2D eigenvalue weighted by Crippen LogP contribution is -2.40. The molecular formula is C20H23N3O6S. The van der Waals surface area contributed by atoms with Crippen molar-refractivity contribution in [3.05, 3.63) is 63.7 Å². The molecule has 1 fully saturated rings. The molecule has 0 radical (unpaired) electrons. The highest BCUT2D eigenvalue weighted by Crippen LogP contribution is 2.24. The molecule has 1 amide bonds. The van der Waals surface area contributed by atoms with Crippen LogP contribution in [0.25, 0.3) is 0 Å². The van der Waals surface area contributed by atoms with Gasteiger partial charge in [-0.15, -0.1) is 0 Å². The zero-order chi connectivity index (χ0) is 21.9. The number of likely N-dealkylation sites (tertiary alicyclic amines) is 1. The first-order valence-corrected chi connectivity index (χ1v) is 11.0. The predicted molar refractivity (Wildman–Crippen MR) is 111 cm³/mol. The normalized spacial score (nSPS) is 15.1. The van der Waals surface area contributed by atoms with Crippen molar-refractivity contribution in [3.63, 3.8) is 0 Å². The third-order valence-corrected chi connectivity index (χ3v) is 6.57. The minimum Gasteiger partial charge on any atom is -0.393 e. The summed E-state index contributed by atoms with van der Waals surface area (Å²) in [6.45, 7) is 2.62. The molecule has 9 nitrogen and oxygen atoms in total. The molecule has 0 aromatic heterocycles. The second kappa shape index (κ2) is 8.80. The quantitative estimate of drug-likeness (QED) is 0.531. The Morgan fingerprint density at radius 3 is 2.43 bits per heavy atom. The van der Waals surface area contributed by atoms with Gasteiger partial charge in [-0.05, 0) is 43.0 Å². The lowest BCUT2D eigenvalue weighted by atomic mass is 10.1. The van der Waals surface area contributed by atoms with Crippen LogP contribution in [-0.2, 0) is 21.2 Å². The van der Waals surface area contributed by atoms with Crippen LogP contribution < -0.4 is 4.72 Å². The van der Waals surface area contributed by atoms with Gasteiger partial charge in [-0.2, -0.15) is 0 Å². The van der Waals surface area contributed by atoms with Gasteiger partial charge in [-0.25, -0.2) is 8.42 Å². The number of amides is 1. The molecule has 1 saturated heterocycles. The Labute approximate surface area is 174 Å². The van der Waals surface area contributed by atoms with Gasteiger partial charge in [0, 0.05) is 30.9 Å². The molecule has 2 aromatic rings. The number of hydrogen-bond donors (Lipinski definition) is 2.